The van der Waals surface area contributed by atoms with Crippen LogP contribution in [-0.2, 0) is 22.6 Å². The van der Waals surface area contributed by atoms with E-state index in [1.807, 2.05) is 24.3 Å². The van der Waals surface area contributed by atoms with Crippen LogP contribution in [0.25, 0.3) is 0 Å². The van der Waals surface area contributed by atoms with Crippen LogP contribution in [0.1, 0.15) is 24.8 Å². The van der Waals surface area contributed by atoms with E-state index in [2.05, 4.69) is 15.3 Å². The van der Waals surface area contributed by atoms with Crippen LogP contribution in [0.2, 0.25) is 5.02 Å². The number of carbonyl (C=O) groups is 1. The molecule has 1 N–H and O–H groups in total. The fourth-order valence-electron chi connectivity index (χ4n) is 3.59. The molecular weight excluding hydrogens is 392 g/mol. The van der Waals surface area contributed by atoms with Gasteiger partial charge in [0.05, 0.1) is 25.0 Å². The molecule has 2 aromatic rings. The molecule has 7 nitrogen and oxygen atoms in total. The van der Waals surface area contributed by atoms with Crippen LogP contribution in [0.5, 0.6) is 0 Å². The molecule has 29 heavy (non-hydrogen) atoms. The summed E-state index contributed by atoms with van der Waals surface area (Å²) >= 11 is 5.98. The molecule has 0 aliphatic carbocycles. The van der Waals surface area contributed by atoms with Crippen LogP contribution in [0, 0.1) is 5.92 Å². The third kappa shape index (κ3) is 6.30. The second-order valence-electron chi connectivity index (χ2n) is 7.33. The van der Waals surface area contributed by atoms with Gasteiger partial charge >= 0.3 is 0 Å². The van der Waals surface area contributed by atoms with E-state index < -0.39 is 0 Å². The van der Waals surface area contributed by atoms with E-state index in [0.717, 1.165) is 37.2 Å². The van der Waals surface area contributed by atoms with Gasteiger partial charge in [-0.05, 0) is 36.5 Å². The normalized spacial score (nSPS) is 16.6. The average Bonchev–Trinajstić information content (AvgIpc) is 2.71. The number of nitrogens with one attached hydrogen (secondary N) is 1. The zero-order valence-corrected chi connectivity index (χ0v) is 17.4. The molecule has 3 rings (SSSR count). The highest BCUT2D eigenvalue weighted by Gasteiger charge is 2.23. The van der Waals surface area contributed by atoms with Crippen molar-refractivity contribution in [3.63, 3.8) is 0 Å². The van der Waals surface area contributed by atoms with Gasteiger partial charge in [-0.25, -0.2) is 4.68 Å². The third-order valence-electron chi connectivity index (χ3n) is 5.10. The minimum absolute atomic E-state index is 0.0323. The standard InChI is InChI=1S/C21H27ClN4O3/c1-29-9-8-26-21(28)12-19(14-24-26)25-7-3-5-17(15-25)11-20(27)23-13-16-4-2-6-18(22)10-16/h2,4,6,10,12,14,17H,3,5,7-9,11,13,15H2,1H3,(H,23,27). The second kappa shape index (κ2) is 10.4. The van der Waals surface area contributed by atoms with Gasteiger partial charge in [0.2, 0.25) is 5.91 Å². The van der Waals surface area contributed by atoms with Gasteiger partial charge in [-0.2, -0.15) is 5.10 Å². The molecule has 156 valence electrons. The molecule has 0 radical (unpaired) electrons. The third-order valence-corrected chi connectivity index (χ3v) is 5.33. The first-order chi connectivity index (χ1) is 14.0. The average molecular weight is 419 g/mol. The number of benzene rings is 1. The number of methoxy groups -OCH3 is 1. The van der Waals surface area contributed by atoms with Gasteiger partial charge in [-0.15, -0.1) is 0 Å². The Bertz CT molecular complexity index is 886. The van der Waals surface area contributed by atoms with Gasteiger partial charge < -0.3 is 15.0 Å². The number of halogens is 1. The quantitative estimate of drug-likeness (QED) is 0.712. The minimum Gasteiger partial charge on any atom is -0.383 e. The van der Waals surface area contributed by atoms with E-state index in [4.69, 9.17) is 16.3 Å². The van der Waals surface area contributed by atoms with Crippen molar-refractivity contribution < 1.29 is 9.53 Å². The summed E-state index contributed by atoms with van der Waals surface area (Å²) in [6.07, 6.45) is 4.17. The Kier molecular flexibility index (Phi) is 7.66. The van der Waals surface area contributed by atoms with Gasteiger partial charge in [0.1, 0.15) is 0 Å². The number of piperidine rings is 1. The molecule has 1 aromatic carbocycles. The lowest BCUT2D eigenvalue weighted by Crippen LogP contribution is -2.39. The van der Waals surface area contributed by atoms with Crippen molar-refractivity contribution in [2.24, 2.45) is 5.92 Å². The molecule has 1 atom stereocenters. The summed E-state index contributed by atoms with van der Waals surface area (Å²) in [6.45, 7) is 2.96. The maximum atomic E-state index is 12.4. The molecule has 1 saturated heterocycles. The fraction of sp³-hybridized carbons (Fsp3) is 0.476. The Hall–Kier alpha value is -2.38. The van der Waals surface area contributed by atoms with Crippen molar-refractivity contribution in [1.82, 2.24) is 15.1 Å². The lowest BCUT2D eigenvalue weighted by molar-refractivity contribution is -0.122. The predicted octanol–water partition coefficient (Wildman–Crippen LogP) is 2.47. The molecule has 1 fully saturated rings. The summed E-state index contributed by atoms with van der Waals surface area (Å²) in [7, 11) is 1.60. The molecule has 1 amide bonds. The maximum absolute atomic E-state index is 12.4. The van der Waals surface area contributed by atoms with Crippen LogP contribution in [-0.4, -0.2) is 42.5 Å². The highest BCUT2D eigenvalue weighted by Crippen LogP contribution is 2.24. The van der Waals surface area contributed by atoms with E-state index in [1.165, 1.54) is 4.68 Å². The maximum Gasteiger partial charge on any atom is 0.268 e. The summed E-state index contributed by atoms with van der Waals surface area (Å²) in [6, 6.07) is 9.10. The second-order valence-corrected chi connectivity index (χ2v) is 7.77. The van der Waals surface area contributed by atoms with Gasteiger partial charge in [0.25, 0.3) is 5.56 Å². The van der Waals surface area contributed by atoms with E-state index in [1.54, 1.807) is 19.4 Å². The number of hydrogen-bond acceptors (Lipinski definition) is 5. The van der Waals surface area contributed by atoms with Crippen molar-refractivity contribution in [2.45, 2.75) is 32.4 Å². The molecule has 0 saturated carbocycles. The van der Waals surface area contributed by atoms with Crippen molar-refractivity contribution in [1.29, 1.82) is 0 Å². The van der Waals surface area contributed by atoms with Gasteiger partial charge in [0, 0.05) is 44.3 Å². The van der Waals surface area contributed by atoms with Gasteiger partial charge in [-0.3, -0.25) is 9.59 Å². The minimum atomic E-state index is -0.138. The van der Waals surface area contributed by atoms with E-state index in [0.29, 0.717) is 31.1 Å². The van der Waals surface area contributed by atoms with Crippen LogP contribution in [0.15, 0.2) is 41.3 Å². The Morgan fingerprint density at radius 3 is 3.00 bits per heavy atom. The molecule has 1 aromatic heterocycles. The Labute approximate surface area is 175 Å². The van der Waals surface area contributed by atoms with Crippen LogP contribution in [0.4, 0.5) is 5.69 Å². The fourth-order valence-corrected chi connectivity index (χ4v) is 3.80. The van der Waals surface area contributed by atoms with Crippen LogP contribution in [0.3, 0.4) is 0 Å². The lowest BCUT2D eigenvalue weighted by atomic mass is 9.94. The first kappa shape index (κ1) is 21.3. The van der Waals surface area contributed by atoms with Gasteiger partial charge in [-0.1, -0.05) is 23.7 Å². The van der Waals surface area contributed by atoms with Crippen molar-refractivity contribution in [3.05, 3.63) is 57.5 Å². The molecular formula is C21H27ClN4O3. The number of ether oxygens (including phenoxy) is 1. The molecule has 8 heteroatoms. The zero-order chi connectivity index (χ0) is 20.6. The summed E-state index contributed by atoms with van der Waals surface area (Å²) in [5, 5.41) is 7.87. The highest BCUT2D eigenvalue weighted by molar-refractivity contribution is 6.30. The summed E-state index contributed by atoms with van der Waals surface area (Å²) in [5.41, 5.74) is 1.66. The highest BCUT2D eigenvalue weighted by atomic mass is 35.5. The molecule has 2 heterocycles. The smallest absolute Gasteiger partial charge is 0.268 e. The molecule has 0 bridgehead atoms. The first-order valence-corrected chi connectivity index (χ1v) is 10.2. The Balaban J connectivity index is 1.53. The summed E-state index contributed by atoms with van der Waals surface area (Å²) < 4.78 is 6.40. The number of aromatic nitrogens is 2. The van der Waals surface area contributed by atoms with Crippen molar-refractivity contribution >= 4 is 23.2 Å². The van der Waals surface area contributed by atoms with Gasteiger partial charge in [0.15, 0.2) is 0 Å². The van der Waals surface area contributed by atoms with E-state index in [9.17, 15) is 9.59 Å². The Morgan fingerprint density at radius 1 is 1.38 bits per heavy atom. The lowest BCUT2D eigenvalue weighted by Gasteiger charge is -2.34. The SMILES string of the molecule is COCCn1ncc(N2CCCC(CC(=O)NCc3cccc(Cl)c3)C2)cc1=O. The molecule has 0 spiro atoms. The number of rotatable bonds is 8. The molecule has 1 aliphatic rings. The largest absolute Gasteiger partial charge is 0.383 e. The summed E-state index contributed by atoms with van der Waals surface area (Å²) in [5.74, 6) is 0.281. The first-order valence-electron chi connectivity index (χ1n) is 9.87. The van der Waals surface area contributed by atoms with Crippen molar-refractivity contribution in [3.8, 4) is 0 Å². The van der Waals surface area contributed by atoms with Crippen molar-refractivity contribution in [2.75, 3.05) is 31.7 Å². The topological polar surface area (TPSA) is 76.5 Å². The van der Waals surface area contributed by atoms with E-state index in [-0.39, 0.29) is 17.4 Å². The molecule has 1 unspecified atom stereocenters. The van der Waals surface area contributed by atoms with Crippen LogP contribution < -0.4 is 15.8 Å². The number of hydrogen-bond donors (Lipinski definition) is 1. The monoisotopic (exact) mass is 418 g/mol. The number of carbonyl (C=O) groups excluding carboxylic acids is 1. The number of anilines is 1. The number of nitrogens with zero attached hydrogens (tertiary/aromatic N) is 3. The summed E-state index contributed by atoms with van der Waals surface area (Å²) in [4.78, 5) is 26.8. The molecule has 1 aliphatic heterocycles. The number of amides is 1. The zero-order valence-electron chi connectivity index (χ0n) is 16.6. The predicted molar refractivity (Wildman–Crippen MR) is 113 cm³/mol. The Morgan fingerprint density at radius 2 is 2.24 bits per heavy atom. The van der Waals surface area contributed by atoms with Crippen LogP contribution >= 0.6 is 11.6 Å². The van der Waals surface area contributed by atoms with E-state index >= 15 is 0 Å².